The molecule has 0 aromatic carbocycles. The summed E-state index contributed by atoms with van der Waals surface area (Å²) in [5.41, 5.74) is 5.29. The fourth-order valence-electron chi connectivity index (χ4n) is 1.33. The van der Waals surface area contributed by atoms with Crippen molar-refractivity contribution in [3.63, 3.8) is 0 Å². The van der Waals surface area contributed by atoms with E-state index in [0.29, 0.717) is 0 Å². The van der Waals surface area contributed by atoms with E-state index in [4.69, 9.17) is 10.5 Å². The number of hydrogen-bond donors (Lipinski definition) is 4. The van der Waals surface area contributed by atoms with Crippen LogP contribution in [-0.4, -0.2) is 52.4 Å². The van der Waals surface area contributed by atoms with Gasteiger partial charge in [0, 0.05) is 6.54 Å². The number of aliphatic hydroxyl groups is 3. The molecule has 5 nitrogen and oxygen atoms in total. The summed E-state index contributed by atoms with van der Waals surface area (Å²) in [4.78, 5) is 0. The Morgan fingerprint density at radius 1 is 1.17 bits per heavy atom. The fourth-order valence-corrected chi connectivity index (χ4v) is 1.33. The lowest BCUT2D eigenvalue weighted by atomic mass is 9.96. The zero-order chi connectivity index (χ0) is 9.30. The van der Waals surface area contributed by atoms with Gasteiger partial charge in [0.25, 0.3) is 0 Å². The second-order valence-corrected chi connectivity index (χ2v) is 3.09. The van der Waals surface area contributed by atoms with Crippen molar-refractivity contribution in [2.24, 2.45) is 5.73 Å². The molecule has 1 heterocycles. The van der Waals surface area contributed by atoms with Crippen molar-refractivity contribution in [3.05, 3.63) is 0 Å². The van der Waals surface area contributed by atoms with Crippen molar-refractivity contribution in [1.82, 2.24) is 0 Å². The quantitative estimate of drug-likeness (QED) is 0.365. The van der Waals surface area contributed by atoms with Crippen molar-refractivity contribution in [3.8, 4) is 0 Å². The highest BCUT2D eigenvalue weighted by atomic mass is 16.5. The highest BCUT2D eigenvalue weighted by molar-refractivity contribution is 4.90. The SMILES string of the molecule is C[C@H]1O[C@H](CN)[C@H](O)[C@@H](O)[C@@H]1O. The molecule has 0 aromatic rings. The van der Waals surface area contributed by atoms with Gasteiger partial charge in [-0.05, 0) is 6.92 Å². The van der Waals surface area contributed by atoms with E-state index in [1.165, 1.54) is 0 Å². The van der Waals surface area contributed by atoms with Gasteiger partial charge in [-0.15, -0.1) is 0 Å². The maximum absolute atomic E-state index is 9.31. The van der Waals surface area contributed by atoms with Crippen molar-refractivity contribution in [2.45, 2.75) is 37.4 Å². The van der Waals surface area contributed by atoms with E-state index in [9.17, 15) is 15.3 Å². The van der Waals surface area contributed by atoms with Crippen molar-refractivity contribution < 1.29 is 20.1 Å². The summed E-state index contributed by atoms with van der Waals surface area (Å²) >= 11 is 0. The van der Waals surface area contributed by atoms with Crippen LogP contribution in [0.25, 0.3) is 0 Å². The first kappa shape index (κ1) is 9.88. The molecule has 1 aliphatic rings. The third kappa shape index (κ3) is 1.60. The van der Waals surface area contributed by atoms with Gasteiger partial charge >= 0.3 is 0 Å². The van der Waals surface area contributed by atoms with Gasteiger partial charge in [0.15, 0.2) is 0 Å². The van der Waals surface area contributed by atoms with E-state index in [1.807, 2.05) is 0 Å². The molecule has 5 atom stereocenters. The smallest absolute Gasteiger partial charge is 0.111 e. The summed E-state index contributed by atoms with van der Waals surface area (Å²) in [6.07, 6.45) is -4.37. The molecule has 0 bridgehead atoms. The van der Waals surface area contributed by atoms with Gasteiger partial charge in [-0.3, -0.25) is 0 Å². The molecule has 5 heteroatoms. The predicted molar refractivity (Wildman–Crippen MR) is 41.4 cm³/mol. The van der Waals surface area contributed by atoms with Gasteiger partial charge in [-0.1, -0.05) is 0 Å². The zero-order valence-electron chi connectivity index (χ0n) is 6.92. The van der Waals surface area contributed by atoms with Gasteiger partial charge in [0.2, 0.25) is 0 Å². The Morgan fingerprint density at radius 3 is 2.25 bits per heavy atom. The third-order valence-corrected chi connectivity index (χ3v) is 2.18. The van der Waals surface area contributed by atoms with Crippen LogP contribution in [0.1, 0.15) is 6.92 Å². The van der Waals surface area contributed by atoms with Gasteiger partial charge in [0.05, 0.1) is 12.2 Å². The van der Waals surface area contributed by atoms with Crippen LogP contribution < -0.4 is 5.73 Å². The van der Waals surface area contributed by atoms with Crippen LogP contribution in [0.3, 0.4) is 0 Å². The summed E-state index contributed by atoms with van der Waals surface area (Å²) in [6, 6.07) is 0. The first-order chi connectivity index (χ1) is 5.57. The normalized spacial score (nSPS) is 49.2. The standard InChI is InChI=1S/C7H15NO4/c1-3-5(9)7(11)6(10)4(2-8)12-3/h3-7,9-11H,2,8H2,1H3/t3-,4-,5-,6+,7+/m1/s1. The Morgan fingerprint density at radius 2 is 1.75 bits per heavy atom. The molecule has 1 rings (SSSR count). The number of nitrogens with two attached hydrogens (primary N) is 1. The maximum Gasteiger partial charge on any atom is 0.111 e. The van der Waals surface area contributed by atoms with Crippen molar-refractivity contribution in [2.75, 3.05) is 6.54 Å². The van der Waals surface area contributed by atoms with E-state index in [1.54, 1.807) is 6.92 Å². The average Bonchev–Trinajstić information content (AvgIpc) is 2.08. The third-order valence-electron chi connectivity index (χ3n) is 2.18. The van der Waals surface area contributed by atoms with Crippen LogP contribution in [0.5, 0.6) is 0 Å². The van der Waals surface area contributed by atoms with E-state index in [0.717, 1.165) is 0 Å². The minimum Gasteiger partial charge on any atom is -0.388 e. The average molecular weight is 177 g/mol. The molecule has 0 aliphatic carbocycles. The summed E-state index contributed by atoms with van der Waals surface area (Å²) in [5, 5.41) is 27.8. The van der Waals surface area contributed by atoms with Crippen LogP contribution in [0, 0.1) is 0 Å². The molecular formula is C7H15NO4. The van der Waals surface area contributed by atoms with E-state index >= 15 is 0 Å². The monoisotopic (exact) mass is 177 g/mol. The van der Waals surface area contributed by atoms with Crippen LogP contribution in [0.4, 0.5) is 0 Å². The van der Waals surface area contributed by atoms with Crippen LogP contribution >= 0.6 is 0 Å². The molecule has 0 radical (unpaired) electrons. The second kappa shape index (κ2) is 3.68. The summed E-state index contributed by atoms with van der Waals surface area (Å²) < 4.78 is 5.15. The minimum atomic E-state index is -1.16. The summed E-state index contributed by atoms with van der Waals surface area (Å²) in [7, 11) is 0. The Balaban J connectivity index is 2.63. The molecule has 1 saturated heterocycles. The van der Waals surface area contributed by atoms with E-state index in [2.05, 4.69) is 0 Å². The minimum absolute atomic E-state index is 0.134. The molecule has 0 spiro atoms. The van der Waals surface area contributed by atoms with Crippen LogP contribution in [0.2, 0.25) is 0 Å². The number of hydrogen-bond acceptors (Lipinski definition) is 5. The Kier molecular flexibility index (Phi) is 3.03. The number of ether oxygens (including phenoxy) is 1. The van der Waals surface area contributed by atoms with Crippen LogP contribution in [0.15, 0.2) is 0 Å². The van der Waals surface area contributed by atoms with Gasteiger partial charge in [0.1, 0.15) is 18.3 Å². The van der Waals surface area contributed by atoms with Gasteiger partial charge in [-0.25, -0.2) is 0 Å². The first-order valence-electron chi connectivity index (χ1n) is 3.97. The zero-order valence-corrected chi connectivity index (χ0v) is 6.92. The highest BCUT2D eigenvalue weighted by Crippen LogP contribution is 2.19. The maximum atomic E-state index is 9.31. The molecule has 5 N–H and O–H groups in total. The Labute approximate surface area is 70.8 Å². The lowest BCUT2D eigenvalue weighted by Crippen LogP contribution is -2.58. The predicted octanol–water partition coefficient (Wildman–Crippen LogP) is -2.18. The lowest BCUT2D eigenvalue weighted by molar-refractivity contribution is -0.213. The molecule has 72 valence electrons. The molecule has 0 saturated carbocycles. The van der Waals surface area contributed by atoms with Crippen LogP contribution in [-0.2, 0) is 4.74 Å². The molecule has 0 unspecified atom stereocenters. The number of aliphatic hydroxyl groups excluding tert-OH is 3. The Bertz CT molecular complexity index is 150. The molecule has 0 aromatic heterocycles. The molecular weight excluding hydrogens is 162 g/mol. The topological polar surface area (TPSA) is 95.9 Å². The first-order valence-corrected chi connectivity index (χ1v) is 3.97. The summed E-state index contributed by atoms with van der Waals surface area (Å²) in [6.45, 7) is 1.76. The molecule has 0 amide bonds. The van der Waals surface area contributed by atoms with E-state index in [-0.39, 0.29) is 6.54 Å². The lowest BCUT2D eigenvalue weighted by Gasteiger charge is -2.38. The molecule has 1 aliphatic heterocycles. The van der Waals surface area contributed by atoms with Crippen molar-refractivity contribution in [1.29, 1.82) is 0 Å². The second-order valence-electron chi connectivity index (χ2n) is 3.09. The molecule has 12 heavy (non-hydrogen) atoms. The fraction of sp³-hybridized carbons (Fsp3) is 1.00. The van der Waals surface area contributed by atoms with Crippen molar-refractivity contribution >= 4 is 0 Å². The molecule has 1 fully saturated rings. The number of rotatable bonds is 1. The Hall–Kier alpha value is -0.200. The van der Waals surface area contributed by atoms with E-state index < -0.39 is 30.5 Å². The largest absolute Gasteiger partial charge is 0.388 e. The summed E-state index contributed by atoms with van der Waals surface area (Å²) in [5.74, 6) is 0. The van der Waals surface area contributed by atoms with Gasteiger partial charge < -0.3 is 25.8 Å². The van der Waals surface area contributed by atoms with Gasteiger partial charge in [-0.2, -0.15) is 0 Å². The highest BCUT2D eigenvalue weighted by Gasteiger charge is 2.40.